The third-order valence-electron chi connectivity index (χ3n) is 3.61. The molecule has 0 spiro atoms. The number of hydrogen-bond acceptors (Lipinski definition) is 5. The van der Waals surface area contributed by atoms with Gasteiger partial charge >= 0.3 is 0 Å². The van der Waals surface area contributed by atoms with Gasteiger partial charge in [-0.15, -0.1) is 0 Å². The normalized spacial score (nSPS) is 20.4. The van der Waals surface area contributed by atoms with E-state index in [0.717, 1.165) is 31.4 Å². The third kappa shape index (κ3) is 3.89. The highest BCUT2D eigenvalue weighted by Crippen LogP contribution is 2.27. The number of nitrogens with two attached hydrogens (primary N) is 1. The smallest absolute Gasteiger partial charge is 0.217 e. The van der Waals surface area contributed by atoms with Gasteiger partial charge in [0.1, 0.15) is 0 Å². The van der Waals surface area contributed by atoms with Crippen LogP contribution in [0.25, 0.3) is 0 Å². The number of aromatic nitrogens is 1. The summed E-state index contributed by atoms with van der Waals surface area (Å²) in [7, 11) is 1.63. The average molecular weight is 265 g/mol. The van der Waals surface area contributed by atoms with E-state index in [1.54, 1.807) is 13.3 Å². The first-order valence-electron chi connectivity index (χ1n) is 6.91. The molecule has 0 radical (unpaired) electrons. The van der Waals surface area contributed by atoms with E-state index in [-0.39, 0.29) is 6.04 Å². The van der Waals surface area contributed by atoms with E-state index in [9.17, 15) is 0 Å². The van der Waals surface area contributed by atoms with Crippen molar-refractivity contribution in [3.05, 3.63) is 23.9 Å². The number of ether oxygens (including phenoxy) is 2. The van der Waals surface area contributed by atoms with Crippen LogP contribution in [0.5, 0.6) is 5.88 Å². The zero-order valence-corrected chi connectivity index (χ0v) is 11.5. The molecule has 1 saturated heterocycles. The molecular weight excluding hydrogens is 242 g/mol. The monoisotopic (exact) mass is 265 g/mol. The van der Waals surface area contributed by atoms with Gasteiger partial charge in [0.2, 0.25) is 5.88 Å². The maximum atomic E-state index is 5.66. The molecule has 1 aliphatic rings. The third-order valence-corrected chi connectivity index (χ3v) is 3.61. The van der Waals surface area contributed by atoms with Gasteiger partial charge in [-0.25, -0.2) is 4.98 Å². The highest BCUT2D eigenvalue weighted by atomic mass is 16.5. The number of rotatable bonds is 7. The van der Waals surface area contributed by atoms with Crippen LogP contribution in [0.3, 0.4) is 0 Å². The van der Waals surface area contributed by atoms with Crippen molar-refractivity contribution < 1.29 is 9.47 Å². The van der Waals surface area contributed by atoms with Gasteiger partial charge in [0.25, 0.3) is 0 Å². The van der Waals surface area contributed by atoms with Crippen LogP contribution in [-0.2, 0) is 4.74 Å². The molecule has 5 heteroatoms. The van der Waals surface area contributed by atoms with Crippen molar-refractivity contribution in [2.45, 2.75) is 44.2 Å². The molecule has 0 bridgehead atoms. The molecule has 2 unspecified atom stereocenters. The summed E-state index contributed by atoms with van der Waals surface area (Å²) in [4.78, 5) is 4.21. The predicted molar refractivity (Wildman–Crippen MR) is 73.7 cm³/mol. The van der Waals surface area contributed by atoms with Crippen LogP contribution in [0.15, 0.2) is 18.3 Å². The van der Waals surface area contributed by atoms with Crippen molar-refractivity contribution in [3.8, 4) is 5.88 Å². The maximum absolute atomic E-state index is 5.66. The van der Waals surface area contributed by atoms with Crippen molar-refractivity contribution in [3.63, 3.8) is 0 Å². The SMILES string of the molecule is COc1ncccc1C(CCCC1CCCO1)NN. The van der Waals surface area contributed by atoms with Crippen molar-refractivity contribution in [2.24, 2.45) is 5.84 Å². The fourth-order valence-corrected chi connectivity index (χ4v) is 2.59. The zero-order valence-electron chi connectivity index (χ0n) is 11.5. The van der Waals surface area contributed by atoms with E-state index in [0.29, 0.717) is 12.0 Å². The summed E-state index contributed by atoms with van der Waals surface area (Å²) >= 11 is 0. The second kappa shape index (κ2) is 7.43. The summed E-state index contributed by atoms with van der Waals surface area (Å²) in [5.41, 5.74) is 3.87. The van der Waals surface area contributed by atoms with Crippen LogP contribution in [0, 0.1) is 0 Å². The predicted octanol–water partition coefficient (Wildman–Crippen LogP) is 1.94. The lowest BCUT2D eigenvalue weighted by atomic mass is 10.0. The first kappa shape index (κ1) is 14.2. The molecule has 5 nitrogen and oxygen atoms in total. The van der Waals surface area contributed by atoms with Crippen LogP contribution in [-0.4, -0.2) is 24.8 Å². The lowest BCUT2D eigenvalue weighted by Crippen LogP contribution is -2.28. The molecule has 0 aliphatic carbocycles. The van der Waals surface area contributed by atoms with Crippen LogP contribution in [0.1, 0.15) is 43.7 Å². The zero-order chi connectivity index (χ0) is 13.5. The summed E-state index contributed by atoms with van der Waals surface area (Å²) in [5.74, 6) is 6.30. The Morgan fingerprint density at radius 2 is 2.53 bits per heavy atom. The molecule has 1 aromatic heterocycles. The van der Waals surface area contributed by atoms with Gasteiger partial charge in [-0.05, 0) is 38.2 Å². The molecule has 2 atom stereocenters. The van der Waals surface area contributed by atoms with Gasteiger partial charge in [0.05, 0.1) is 19.3 Å². The summed E-state index contributed by atoms with van der Waals surface area (Å²) < 4.78 is 10.9. The van der Waals surface area contributed by atoms with Gasteiger partial charge in [-0.1, -0.05) is 6.07 Å². The first-order valence-corrected chi connectivity index (χ1v) is 6.91. The topological polar surface area (TPSA) is 69.4 Å². The van der Waals surface area contributed by atoms with Crippen molar-refractivity contribution >= 4 is 0 Å². The number of nitrogens with zero attached hydrogens (tertiary/aromatic N) is 1. The lowest BCUT2D eigenvalue weighted by molar-refractivity contribution is 0.101. The minimum atomic E-state index is 0.0741. The van der Waals surface area contributed by atoms with Crippen LogP contribution < -0.4 is 16.0 Å². The minimum absolute atomic E-state index is 0.0741. The van der Waals surface area contributed by atoms with E-state index in [4.69, 9.17) is 15.3 Å². The fourth-order valence-electron chi connectivity index (χ4n) is 2.59. The van der Waals surface area contributed by atoms with E-state index < -0.39 is 0 Å². The van der Waals surface area contributed by atoms with Gasteiger partial charge in [0.15, 0.2) is 0 Å². The Hall–Kier alpha value is -1.17. The van der Waals surface area contributed by atoms with Crippen LogP contribution >= 0.6 is 0 Å². The van der Waals surface area contributed by atoms with Gasteiger partial charge < -0.3 is 9.47 Å². The van der Waals surface area contributed by atoms with Gasteiger partial charge in [-0.3, -0.25) is 11.3 Å². The number of hydrogen-bond donors (Lipinski definition) is 2. The summed E-state index contributed by atoms with van der Waals surface area (Å²) in [6.07, 6.45) is 7.68. The Balaban J connectivity index is 1.88. The molecule has 2 rings (SSSR count). The van der Waals surface area contributed by atoms with Crippen LogP contribution in [0.2, 0.25) is 0 Å². The fraction of sp³-hybridized carbons (Fsp3) is 0.643. The Bertz CT molecular complexity index is 381. The summed E-state index contributed by atoms with van der Waals surface area (Å²) in [6, 6.07) is 3.98. The Morgan fingerprint density at radius 1 is 1.63 bits per heavy atom. The molecule has 2 heterocycles. The second-order valence-corrected chi connectivity index (χ2v) is 4.89. The molecule has 106 valence electrons. The Morgan fingerprint density at radius 3 is 3.21 bits per heavy atom. The largest absolute Gasteiger partial charge is 0.481 e. The standard InChI is InChI=1S/C14H23N3O2/c1-18-14-12(7-3-9-16-14)13(17-15)8-2-5-11-6-4-10-19-11/h3,7,9,11,13,17H,2,4-6,8,10,15H2,1H3. The van der Waals surface area contributed by atoms with Gasteiger partial charge in [0, 0.05) is 18.4 Å². The number of nitrogens with one attached hydrogen (secondary N) is 1. The summed E-state index contributed by atoms with van der Waals surface area (Å²) in [6.45, 7) is 0.916. The van der Waals surface area contributed by atoms with E-state index in [1.165, 1.54) is 12.8 Å². The minimum Gasteiger partial charge on any atom is -0.481 e. The van der Waals surface area contributed by atoms with E-state index in [2.05, 4.69) is 10.4 Å². The quantitative estimate of drug-likeness (QED) is 0.582. The van der Waals surface area contributed by atoms with Gasteiger partial charge in [-0.2, -0.15) is 0 Å². The number of methoxy groups -OCH3 is 1. The number of pyridine rings is 1. The maximum Gasteiger partial charge on any atom is 0.217 e. The van der Waals surface area contributed by atoms with Crippen molar-refractivity contribution in [2.75, 3.05) is 13.7 Å². The molecule has 1 aromatic rings. The van der Waals surface area contributed by atoms with E-state index >= 15 is 0 Å². The summed E-state index contributed by atoms with van der Waals surface area (Å²) in [5, 5.41) is 0. The van der Waals surface area contributed by atoms with Crippen molar-refractivity contribution in [1.29, 1.82) is 0 Å². The Kier molecular flexibility index (Phi) is 5.57. The lowest BCUT2D eigenvalue weighted by Gasteiger charge is -2.19. The molecule has 0 amide bonds. The van der Waals surface area contributed by atoms with Crippen LogP contribution in [0.4, 0.5) is 0 Å². The molecule has 0 aromatic carbocycles. The molecule has 19 heavy (non-hydrogen) atoms. The highest BCUT2D eigenvalue weighted by Gasteiger charge is 2.18. The molecule has 1 aliphatic heterocycles. The number of hydrazine groups is 1. The molecule has 1 fully saturated rings. The van der Waals surface area contributed by atoms with Crippen molar-refractivity contribution in [1.82, 2.24) is 10.4 Å². The average Bonchev–Trinajstić information content (AvgIpc) is 2.97. The molecule has 3 N–H and O–H groups in total. The molecular formula is C14H23N3O2. The Labute approximate surface area is 114 Å². The van der Waals surface area contributed by atoms with E-state index in [1.807, 2.05) is 12.1 Å². The molecule has 0 saturated carbocycles. The highest BCUT2D eigenvalue weighted by molar-refractivity contribution is 5.28. The second-order valence-electron chi connectivity index (χ2n) is 4.89. The first-order chi connectivity index (χ1) is 9.35.